The zero-order valence-corrected chi connectivity index (χ0v) is 16.3. The summed E-state index contributed by atoms with van der Waals surface area (Å²) in [7, 11) is 0. The molecular formula is C23H29FN4. The van der Waals surface area contributed by atoms with Gasteiger partial charge in [0.1, 0.15) is 18.0 Å². The quantitative estimate of drug-likeness (QED) is 0.347. The summed E-state index contributed by atoms with van der Waals surface area (Å²) in [6.45, 7) is 1.82. The maximum absolute atomic E-state index is 14.6. The molecule has 1 fully saturated rings. The second-order valence-electron chi connectivity index (χ2n) is 7.51. The highest BCUT2D eigenvalue weighted by Crippen LogP contribution is 2.26. The molecule has 0 aromatic heterocycles. The molecule has 3 rings (SSSR count). The first-order chi connectivity index (χ1) is 13.7. The Hall–Kier alpha value is -2.53. The molecule has 0 spiro atoms. The standard InChI is InChI=1S/C23H29FN4/c24-22-14-20(23(26)28-16-25)9-10-21(22)19-8-4-7-18(13-19)15-27-12-11-17-5-2-1-3-6-17/h4,7-10,13-14,16-17,27H,1-3,5-6,11-12,15H2,(H3,25,26,28). The Labute approximate surface area is 166 Å². The van der Waals surface area contributed by atoms with Crippen molar-refractivity contribution in [3.8, 4) is 11.1 Å². The van der Waals surface area contributed by atoms with E-state index in [0.29, 0.717) is 11.1 Å². The van der Waals surface area contributed by atoms with Gasteiger partial charge in [-0.25, -0.2) is 9.38 Å². The molecule has 2 aromatic carbocycles. The highest BCUT2D eigenvalue weighted by molar-refractivity contribution is 6.01. The van der Waals surface area contributed by atoms with Crippen LogP contribution in [0, 0.1) is 17.1 Å². The molecule has 0 heterocycles. The summed E-state index contributed by atoms with van der Waals surface area (Å²) >= 11 is 0. The van der Waals surface area contributed by atoms with E-state index in [1.807, 2.05) is 18.2 Å². The van der Waals surface area contributed by atoms with Gasteiger partial charge in [0.05, 0.1) is 0 Å². The number of halogens is 1. The van der Waals surface area contributed by atoms with Crippen LogP contribution in [0.1, 0.15) is 49.7 Å². The molecule has 0 unspecified atom stereocenters. The van der Waals surface area contributed by atoms with E-state index >= 15 is 0 Å². The minimum Gasteiger partial charge on any atom is -0.383 e. The number of rotatable bonds is 8. The molecule has 0 aliphatic heterocycles. The van der Waals surface area contributed by atoms with Gasteiger partial charge in [-0.2, -0.15) is 0 Å². The van der Waals surface area contributed by atoms with Gasteiger partial charge in [0.25, 0.3) is 0 Å². The Balaban J connectivity index is 1.61. The van der Waals surface area contributed by atoms with Gasteiger partial charge in [0.15, 0.2) is 0 Å². The number of nitrogens with zero attached hydrogens (tertiary/aromatic N) is 1. The van der Waals surface area contributed by atoms with Gasteiger partial charge in [-0.05, 0) is 42.1 Å². The van der Waals surface area contributed by atoms with E-state index in [9.17, 15) is 4.39 Å². The van der Waals surface area contributed by atoms with Crippen LogP contribution in [0.25, 0.3) is 11.1 Å². The summed E-state index contributed by atoms with van der Waals surface area (Å²) in [6.07, 6.45) is 9.02. The molecule has 0 bridgehead atoms. The fraction of sp³-hybridized carbons (Fsp3) is 0.391. The van der Waals surface area contributed by atoms with Crippen molar-refractivity contribution >= 4 is 12.2 Å². The summed E-state index contributed by atoms with van der Waals surface area (Å²) in [6, 6.07) is 12.8. The van der Waals surface area contributed by atoms with Gasteiger partial charge < -0.3 is 11.1 Å². The molecule has 0 amide bonds. The van der Waals surface area contributed by atoms with Crippen LogP contribution in [0.3, 0.4) is 0 Å². The molecule has 4 nitrogen and oxygen atoms in total. The van der Waals surface area contributed by atoms with Gasteiger partial charge in [0, 0.05) is 17.7 Å². The van der Waals surface area contributed by atoms with Gasteiger partial charge in [-0.15, -0.1) is 0 Å². The van der Waals surface area contributed by atoms with Gasteiger partial charge >= 0.3 is 0 Å². The van der Waals surface area contributed by atoms with Crippen molar-refractivity contribution in [1.82, 2.24) is 5.32 Å². The normalized spacial score (nSPS) is 15.5. The van der Waals surface area contributed by atoms with Crippen molar-refractivity contribution in [3.63, 3.8) is 0 Å². The molecule has 4 N–H and O–H groups in total. The summed E-state index contributed by atoms with van der Waals surface area (Å²) in [5, 5.41) is 10.5. The lowest BCUT2D eigenvalue weighted by atomic mass is 9.87. The average Bonchev–Trinajstić information content (AvgIpc) is 2.72. The fourth-order valence-corrected chi connectivity index (χ4v) is 3.92. The largest absolute Gasteiger partial charge is 0.383 e. The summed E-state index contributed by atoms with van der Waals surface area (Å²) in [4.78, 5) is 3.69. The predicted octanol–water partition coefficient (Wildman–Crippen LogP) is 4.87. The van der Waals surface area contributed by atoms with E-state index in [1.165, 1.54) is 44.6 Å². The number of amidine groups is 1. The smallest absolute Gasteiger partial charge is 0.132 e. The van der Waals surface area contributed by atoms with Crippen LogP contribution < -0.4 is 11.1 Å². The third-order valence-corrected chi connectivity index (χ3v) is 5.49. The van der Waals surface area contributed by atoms with Crippen LogP contribution in [0.5, 0.6) is 0 Å². The van der Waals surface area contributed by atoms with E-state index < -0.39 is 0 Å². The first kappa shape index (κ1) is 20.2. The highest BCUT2D eigenvalue weighted by atomic mass is 19.1. The van der Waals surface area contributed by atoms with Crippen molar-refractivity contribution in [2.24, 2.45) is 16.6 Å². The molecule has 0 saturated heterocycles. The van der Waals surface area contributed by atoms with Crippen molar-refractivity contribution in [2.45, 2.75) is 45.1 Å². The monoisotopic (exact) mass is 380 g/mol. The molecule has 0 radical (unpaired) electrons. The minimum atomic E-state index is -0.344. The van der Waals surface area contributed by atoms with E-state index in [4.69, 9.17) is 11.1 Å². The Kier molecular flexibility index (Phi) is 7.31. The molecule has 5 heteroatoms. The molecule has 2 aromatic rings. The Morgan fingerprint density at radius 1 is 1.18 bits per heavy atom. The number of hydrogen-bond donors (Lipinski definition) is 3. The first-order valence-electron chi connectivity index (χ1n) is 10.1. The van der Waals surface area contributed by atoms with Crippen LogP contribution >= 0.6 is 0 Å². The fourth-order valence-electron chi connectivity index (χ4n) is 3.92. The number of nitrogens with two attached hydrogens (primary N) is 1. The lowest BCUT2D eigenvalue weighted by Crippen LogP contribution is -2.19. The van der Waals surface area contributed by atoms with Gasteiger partial charge in [0.2, 0.25) is 0 Å². The van der Waals surface area contributed by atoms with Crippen LogP contribution in [0.2, 0.25) is 0 Å². The van der Waals surface area contributed by atoms with Crippen LogP contribution in [0.15, 0.2) is 47.5 Å². The molecule has 148 valence electrons. The Morgan fingerprint density at radius 3 is 2.75 bits per heavy atom. The second kappa shape index (κ2) is 10.1. The summed E-state index contributed by atoms with van der Waals surface area (Å²) in [5.74, 6) is 0.670. The summed E-state index contributed by atoms with van der Waals surface area (Å²) in [5.41, 5.74) is 8.74. The van der Waals surface area contributed by atoms with Crippen LogP contribution in [-0.2, 0) is 6.54 Å². The molecule has 1 aliphatic carbocycles. The van der Waals surface area contributed by atoms with Crippen molar-refractivity contribution in [1.29, 1.82) is 5.41 Å². The highest BCUT2D eigenvalue weighted by Gasteiger charge is 2.12. The van der Waals surface area contributed by atoms with Crippen LogP contribution in [-0.4, -0.2) is 18.7 Å². The van der Waals surface area contributed by atoms with Crippen molar-refractivity contribution < 1.29 is 4.39 Å². The van der Waals surface area contributed by atoms with E-state index in [2.05, 4.69) is 16.4 Å². The average molecular weight is 381 g/mol. The zero-order valence-electron chi connectivity index (χ0n) is 16.3. The predicted molar refractivity (Wildman–Crippen MR) is 114 cm³/mol. The maximum Gasteiger partial charge on any atom is 0.132 e. The van der Waals surface area contributed by atoms with Gasteiger partial charge in [-0.1, -0.05) is 62.4 Å². The van der Waals surface area contributed by atoms with Gasteiger partial charge in [-0.3, -0.25) is 5.41 Å². The Morgan fingerprint density at radius 2 is 2.00 bits per heavy atom. The molecular weight excluding hydrogens is 351 g/mol. The lowest BCUT2D eigenvalue weighted by molar-refractivity contribution is 0.334. The maximum atomic E-state index is 14.6. The third kappa shape index (κ3) is 5.49. The third-order valence-electron chi connectivity index (χ3n) is 5.49. The summed E-state index contributed by atoms with van der Waals surface area (Å²) < 4.78 is 14.6. The SMILES string of the molecule is N=CN=C(N)c1ccc(-c2cccc(CNCCC3CCCCC3)c2)c(F)c1. The van der Waals surface area contributed by atoms with Crippen molar-refractivity contribution in [3.05, 3.63) is 59.4 Å². The van der Waals surface area contributed by atoms with E-state index in [-0.39, 0.29) is 11.7 Å². The Bertz CT molecular complexity index is 825. The number of hydrogen-bond acceptors (Lipinski definition) is 2. The van der Waals surface area contributed by atoms with E-state index in [0.717, 1.165) is 36.5 Å². The lowest BCUT2D eigenvalue weighted by Gasteiger charge is -2.21. The van der Waals surface area contributed by atoms with Crippen molar-refractivity contribution in [2.75, 3.05) is 6.54 Å². The van der Waals surface area contributed by atoms with E-state index in [1.54, 1.807) is 12.1 Å². The second-order valence-corrected chi connectivity index (χ2v) is 7.51. The molecule has 1 saturated carbocycles. The number of aliphatic imine (C=N–C) groups is 1. The number of benzene rings is 2. The topological polar surface area (TPSA) is 74.3 Å². The zero-order chi connectivity index (χ0) is 19.8. The van der Waals surface area contributed by atoms with Crippen LogP contribution in [0.4, 0.5) is 4.39 Å². The number of nitrogens with one attached hydrogen (secondary N) is 2. The first-order valence-corrected chi connectivity index (χ1v) is 10.1. The molecule has 1 aliphatic rings. The minimum absolute atomic E-state index is 0.136. The molecule has 0 atom stereocenters. The molecule has 28 heavy (non-hydrogen) atoms.